The summed E-state index contributed by atoms with van der Waals surface area (Å²) in [4.78, 5) is 10.2. The number of anilines is 2. The molecule has 0 amide bonds. The summed E-state index contributed by atoms with van der Waals surface area (Å²) >= 11 is 0. The number of halogens is 3. The fourth-order valence-electron chi connectivity index (χ4n) is 1.20. The van der Waals surface area contributed by atoms with Gasteiger partial charge < -0.3 is 16.2 Å². The molecule has 4 N–H and O–H groups in total. The lowest BCUT2D eigenvalue weighted by Crippen LogP contribution is -2.10. The smallest absolute Gasteiger partial charge is 0.416 e. The number of benzene rings is 1. The van der Waals surface area contributed by atoms with Crippen LogP contribution in [0.5, 0.6) is 0 Å². The van der Waals surface area contributed by atoms with Gasteiger partial charge in [-0.3, -0.25) is 4.79 Å². The fourth-order valence-corrected chi connectivity index (χ4v) is 1.20. The predicted octanol–water partition coefficient (Wildman–Crippen LogP) is 2.17. The van der Waals surface area contributed by atoms with Crippen molar-refractivity contribution in [3.8, 4) is 0 Å². The zero-order valence-corrected chi connectivity index (χ0v) is 8.71. The van der Waals surface area contributed by atoms with E-state index in [9.17, 15) is 18.0 Å². The zero-order valence-electron chi connectivity index (χ0n) is 8.71. The third kappa shape index (κ3) is 3.86. The molecule has 0 aliphatic rings. The second kappa shape index (κ2) is 4.94. The first kappa shape index (κ1) is 13.1. The molecule has 1 aromatic carbocycles. The summed E-state index contributed by atoms with van der Waals surface area (Å²) in [6, 6.07) is 2.88. The molecule has 0 atom stereocenters. The van der Waals surface area contributed by atoms with E-state index in [1.54, 1.807) is 0 Å². The maximum atomic E-state index is 12.3. The van der Waals surface area contributed by atoms with E-state index in [1.165, 1.54) is 6.07 Å². The number of carboxylic acids is 1. The number of aliphatic carboxylic acids is 1. The number of nitrogens with two attached hydrogens (primary N) is 1. The van der Waals surface area contributed by atoms with Gasteiger partial charge in [-0.2, -0.15) is 13.2 Å². The van der Waals surface area contributed by atoms with Crippen LogP contribution >= 0.6 is 0 Å². The molecule has 0 bridgehead atoms. The molecule has 1 aromatic rings. The minimum Gasteiger partial charge on any atom is -0.481 e. The summed E-state index contributed by atoms with van der Waals surface area (Å²) in [6.07, 6.45) is -4.58. The van der Waals surface area contributed by atoms with E-state index in [0.29, 0.717) is 5.69 Å². The van der Waals surface area contributed by atoms with Crippen molar-refractivity contribution in [1.29, 1.82) is 0 Å². The molecule has 0 aromatic heterocycles. The summed E-state index contributed by atoms with van der Waals surface area (Å²) in [5.41, 5.74) is 4.82. The molecule has 0 heterocycles. The third-order valence-electron chi connectivity index (χ3n) is 2.03. The highest BCUT2D eigenvalue weighted by Gasteiger charge is 2.30. The first-order valence-corrected chi connectivity index (χ1v) is 4.73. The minimum absolute atomic E-state index is 0.0646. The van der Waals surface area contributed by atoms with Crippen LogP contribution in [0.25, 0.3) is 0 Å². The Labute approximate surface area is 95.2 Å². The Morgan fingerprint density at radius 3 is 2.53 bits per heavy atom. The minimum atomic E-state index is -4.44. The molecule has 0 aliphatic heterocycles. The van der Waals surface area contributed by atoms with E-state index >= 15 is 0 Å². The molecule has 4 nitrogen and oxygen atoms in total. The normalized spacial score (nSPS) is 11.2. The number of nitrogen functional groups attached to an aromatic ring is 1. The van der Waals surface area contributed by atoms with Crippen LogP contribution in [0.3, 0.4) is 0 Å². The Morgan fingerprint density at radius 1 is 1.41 bits per heavy atom. The summed E-state index contributed by atoms with van der Waals surface area (Å²) in [5, 5.41) is 11.0. The number of alkyl halides is 3. The van der Waals surface area contributed by atoms with Crippen LogP contribution in [-0.2, 0) is 11.0 Å². The van der Waals surface area contributed by atoms with Gasteiger partial charge >= 0.3 is 12.1 Å². The van der Waals surface area contributed by atoms with Gasteiger partial charge in [0.05, 0.1) is 23.4 Å². The Bertz CT molecular complexity index is 419. The van der Waals surface area contributed by atoms with E-state index in [0.717, 1.165) is 12.1 Å². The Morgan fingerprint density at radius 2 is 2.06 bits per heavy atom. The molecule has 1 rings (SSSR count). The van der Waals surface area contributed by atoms with Crippen LogP contribution in [-0.4, -0.2) is 17.6 Å². The quantitative estimate of drug-likeness (QED) is 0.714. The van der Waals surface area contributed by atoms with Crippen LogP contribution in [0.4, 0.5) is 24.5 Å². The van der Waals surface area contributed by atoms with Crippen molar-refractivity contribution < 1.29 is 23.1 Å². The van der Waals surface area contributed by atoms with Crippen molar-refractivity contribution in [2.45, 2.75) is 12.6 Å². The van der Waals surface area contributed by atoms with Crippen LogP contribution in [0.1, 0.15) is 12.0 Å². The zero-order chi connectivity index (χ0) is 13.1. The number of rotatable bonds is 4. The Balaban J connectivity index is 2.73. The number of carbonyl (C=O) groups is 1. The molecule has 7 heteroatoms. The molecule has 0 aliphatic carbocycles. The van der Waals surface area contributed by atoms with Crippen molar-refractivity contribution in [3.63, 3.8) is 0 Å². The van der Waals surface area contributed by atoms with Gasteiger partial charge in [0.1, 0.15) is 0 Å². The Kier molecular flexibility index (Phi) is 3.82. The topological polar surface area (TPSA) is 75.3 Å². The van der Waals surface area contributed by atoms with Gasteiger partial charge in [-0.05, 0) is 18.2 Å². The first-order chi connectivity index (χ1) is 7.80. The van der Waals surface area contributed by atoms with Gasteiger partial charge in [-0.25, -0.2) is 0 Å². The molecule has 0 fully saturated rings. The molecular weight excluding hydrogens is 237 g/mol. The van der Waals surface area contributed by atoms with Crippen molar-refractivity contribution in [2.24, 2.45) is 0 Å². The molecule has 0 radical (unpaired) electrons. The van der Waals surface area contributed by atoms with Gasteiger partial charge in [0.2, 0.25) is 0 Å². The predicted molar refractivity (Wildman–Crippen MR) is 56.6 cm³/mol. The van der Waals surface area contributed by atoms with Crippen LogP contribution in [0.2, 0.25) is 0 Å². The van der Waals surface area contributed by atoms with Gasteiger partial charge in [0, 0.05) is 6.54 Å². The largest absolute Gasteiger partial charge is 0.481 e. The maximum absolute atomic E-state index is 12.3. The summed E-state index contributed by atoms with van der Waals surface area (Å²) in [6.45, 7) is 0.102. The monoisotopic (exact) mass is 248 g/mol. The van der Waals surface area contributed by atoms with Gasteiger partial charge in [-0.15, -0.1) is 0 Å². The molecule has 94 valence electrons. The van der Waals surface area contributed by atoms with Gasteiger partial charge in [-0.1, -0.05) is 0 Å². The summed E-state index contributed by atoms with van der Waals surface area (Å²) < 4.78 is 36.9. The molecule has 17 heavy (non-hydrogen) atoms. The van der Waals surface area contributed by atoms with Crippen molar-refractivity contribution in [3.05, 3.63) is 23.8 Å². The SMILES string of the molecule is Nc1cc(C(F)(F)F)ccc1NCCC(=O)O. The van der Waals surface area contributed by atoms with E-state index in [4.69, 9.17) is 10.8 Å². The molecule has 0 saturated heterocycles. The van der Waals surface area contributed by atoms with Gasteiger partial charge in [0.15, 0.2) is 0 Å². The maximum Gasteiger partial charge on any atom is 0.416 e. The fraction of sp³-hybridized carbons (Fsp3) is 0.300. The van der Waals surface area contributed by atoms with E-state index in [-0.39, 0.29) is 18.7 Å². The van der Waals surface area contributed by atoms with E-state index in [2.05, 4.69) is 5.32 Å². The van der Waals surface area contributed by atoms with Crippen LogP contribution in [0, 0.1) is 0 Å². The first-order valence-electron chi connectivity index (χ1n) is 4.73. The van der Waals surface area contributed by atoms with Crippen molar-refractivity contribution in [2.75, 3.05) is 17.6 Å². The molecule has 0 unspecified atom stereocenters. The number of nitrogens with one attached hydrogen (secondary N) is 1. The lowest BCUT2D eigenvalue weighted by molar-refractivity contribution is -0.138. The Hall–Kier alpha value is -1.92. The summed E-state index contributed by atoms with van der Waals surface area (Å²) in [5.74, 6) is -0.997. The van der Waals surface area contributed by atoms with Gasteiger partial charge in [0.25, 0.3) is 0 Å². The van der Waals surface area contributed by atoms with E-state index in [1.807, 2.05) is 0 Å². The van der Waals surface area contributed by atoms with Crippen LogP contribution in [0.15, 0.2) is 18.2 Å². The summed E-state index contributed by atoms with van der Waals surface area (Å²) in [7, 11) is 0. The lowest BCUT2D eigenvalue weighted by atomic mass is 10.1. The van der Waals surface area contributed by atoms with Crippen molar-refractivity contribution in [1.82, 2.24) is 0 Å². The van der Waals surface area contributed by atoms with Crippen LogP contribution < -0.4 is 11.1 Å². The third-order valence-corrected chi connectivity index (χ3v) is 2.03. The highest BCUT2D eigenvalue weighted by atomic mass is 19.4. The number of hydrogen-bond donors (Lipinski definition) is 3. The molecule has 0 spiro atoms. The lowest BCUT2D eigenvalue weighted by Gasteiger charge is -2.11. The average Bonchev–Trinajstić information content (AvgIpc) is 2.18. The van der Waals surface area contributed by atoms with Crippen molar-refractivity contribution >= 4 is 17.3 Å². The highest BCUT2D eigenvalue weighted by Crippen LogP contribution is 2.32. The average molecular weight is 248 g/mol. The highest BCUT2D eigenvalue weighted by molar-refractivity contribution is 5.70. The standard InChI is InChI=1S/C10H11F3N2O2/c11-10(12,13)6-1-2-8(7(14)5-6)15-4-3-9(16)17/h1-2,5,15H,3-4,14H2,(H,16,17). The molecule has 0 saturated carbocycles. The molecular formula is C10H11F3N2O2. The second-order valence-electron chi connectivity index (χ2n) is 3.37. The van der Waals surface area contributed by atoms with E-state index < -0.39 is 17.7 Å². The second-order valence-corrected chi connectivity index (χ2v) is 3.37. The number of carboxylic acid groups (broad SMARTS) is 1. The number of hydrogen-bond acceptors (Lipinski definition) is 3.